The van der Waals surface area contributed by atoms with Gasteiger partial charge in [0.25, 0.3) is 0 Å². The second-order valence-electron chi connectivity index (χ2n) is 4.79. The summed E-state index contributed by atoms with van der Waals surface area (Å²) < 4.78 is 55.1. The molecule has 2 aromatic rings. The first kappa shape index (κ1) is 16.3. The lowest BCUT2D eigenvalue weighted by molar-refractivity contribution is -0.0499. The summed E-state index contributed by atoms with van der Waals surface area (Å²) in [5.41, 5.74) is 1.05. The zero-order chi connectivity index (χ0) is 16.1. The summed E-state index contributed by atoms with van der Waals surface area (Å²) in [6.07, 6.45) is 0. The maximum Gasteiger partial charge on any atom is 0.387 e. The molecular formula is C16H15F4NO. The zero-order valence-electron chi connectivity index (χ0n) is 11.8. The van der Waals surface area contributed by atoms with Crippen molar-refractivity contribution in [3.8, 4) is 5.75 Å². The maximum atomic E-state index is 13.5. The van der Waals surface area contributed by atoms with Crippen molar-refractivity contribution >= 4 is 0 Å². The van der Waals surface area contributed by atoms with E-state index in [2.05, 4.69) is 10.1 Å². The Morgan fingerprint density at radius 3 is 2.55 bits per heavy atom. The maximum absolute atomic E-state index is 13.5. The molecule has 1 N–H and O–H groups in total. The van der Waals surface area contributed by atoms with Crippen LogP contribution in [0.15, 0.2) is 42.5 Å². The molecular weight excluding hydrogens is 298 g/mol. The van der Waals surface area contributed by atoms with Crippen LogP contribution >= 0.6 is 0 Å². The van der Waals surface area contributed by atoms with Gasteiger partial charge in [-0.3, -0.25) is 0 Å². The van der Waals surface area contributed by atoms with Gasteiger partial charge in [-0.1, -0.05) is 18.2 Å². The minimum Gasteiger partial charge on any atom is -0.435 e. The number of alkyl halides is 2. The molecule has 2 nitrogen and oxygen atoms in total. The number of halogens is 4. The number of ether oxygens (including phenoxy) is 1. The number of rotatable bonds is 6. The fourth-order valence-corrected chi connectivity index (χ4v) is 2.01. The summed E-state index contributed by atoms with van der Waals surface area (Å²) in [6.45, 7) is -0.886. The molecule has 0 saturated heterocycles. The summed E-state index contributed by atoms with van der Waals surface area (Å²) >= 11 is 0. The molecule has 2 aromatic carbocycles. The molecule has 0 fully saturated rings. The Morgan fingerprint density at radius 2 is 1.86 bits per heavy atom. The third kappa shape index (κ3) is 4.46. The Bertz CT molecular complexity index is 633. The minimum absolute atomic E-state index is 0.0640. The molecule has 0 radical (unpaired) electrons. The van der Waals surface area contributed by atoms with E-state index in [0.717, 1.165) is 11.6 Å². The number of benzene rings is 2. The summed E-state index contributed by atoms with van der Waals surface area (Å²) in [6, 6.07) is 9.42. The molecule has 0 aromatic heterocycles. The van der Waals surface area contributed by atoms with E-state index in [1.54, 1.807) is 12.1 Å². The Morgan fingerprint density at radius 1 is 1.09 bits per heavy atom. The van der Waals surface area contributed by atoms with Crippen LogP contribution < -0.4 is 10.1 Å². The highest BCUT2D eigenvalue weighted by Gasteiger charge is 2.10. The monoisotopic (exact) mass is 313 g/mol. The second-order valence-corrected chi connectivity index (χ2v) is 4.79. The third-order valence-electron chi connectivity index (χ3n) is 3.20. The lowest BCUT2D eigenvalue weighted by atomic mass is 10.1. The predicted molar refractivity (Wildman–Crippen MR) is 74.7 cm³/mol. The van der Waals surface area contributed by atoms with Crippen molar-refractivity contribution in [1.29, 1.82) is 0 Å². The minimum atomic E-state index is -2.88. The summed E-state index contributed by atoms with van der Waals surface area (Å²) in [5.74, 6) is -1.20. The Balaban J connectivity index is 2.01. The van der Waals surface area contributed by atoms with Crippen LogP contribution in [-0.4, -0.2) is 6.61 Å². The molecule has 0 saturated carbocycles. The van der Waals surface area contributed by atoms with E-state index in [9.17, 15) is 17.6 Å². The van der Waals surface area contributed by atoms with Crippen molar-refractivity contribution in [1.82, 2.24) is 5.32 Å². The fraction of sp³-hybridized carbons (Fsp3) is 0.250. The molecule has 118 valence electrons. The van der Waals surface area contributed by atoms with Gasteiger partial charge in [0.2, 0.25) is 0 Å². The van der Waals surface area contributed by atoms with Gasteiger partial charge in [0.05, 0.1) is 0 Å². The van der Waals surface area contributed by atoms with E-state index in [1.165, 1.54) is 24.3 Å². The largest absolute Gasteiger partial charge is 0.435 e. The van der Waals surface area contributed by atoms with Crippen LogP contribution in [0.5, 0.6) is 5.75 Å². The second kappa shape index (κ2) is 7.26. The molecule has 1 atom stereocenters. The highest BCUT2D eigenvalue weighted by Crippen LogP contribution is 2.21. The lowest BCUT2D eigenvalue weighted by Gasteiger charge is -2.16. The van der Waals surface area contributed by atoms with Crippen LogP contribution in [0.2, 0.25) is 0 Å². The zero-order valence-corrected chi connectivity index (χ0v) is 11.8. The van der Waals surface area contributed by atoms with Crippen LogP contribution in [0, 0.1) is 11.6 Å². The van der Waals surface area contributed by atoms with Gasteiger partial charge in [0.15, 0.2) is 0 Å². The average Bonchev–Trinajstić information content (AvgIpc) is 2.45. The van der Waals surface area contributed by atoms with Crippen molar-refractivity contribution in [2.75, 3.05) is 0 Å². The van der Waals surface area contributed by atoms with E-state index < -0.39 is 18.2 Å². The van der Waals surface area contributed by atoms with Gasteiger partial charge in [-0.15, -0.1) is 0 Å². The Kier molecular flexibility index (Phi) is 5.38. The first-order valence-electron chi connectivity index (χ1n) is 6.68. The molecule has 22 heavy (non-hydrogen) atoms. The van der Waals surface area contributed by atoms with Crippen molar-refractivity contribution in [2.45, 2.75) is 26.1 Å². The van der Waals surface area contributed by atoms with Gasteiger partial charge in [-0.05, 0) is 30.7 Å². The normalized spacial score (nSPS) is 12.5. The van der Waals surface area contributed by atoms with E-state index in [0.29, 0.717) is 5.56 Å². The molecule has 0 aliphatic heterocycles. The molecule has 2 rings (SSSR count). The Hall–Kier alpha value is -2.08. The smallest absolute Gasteiger partial charge is 0.387 e. The molecule has 6 heteroatoms. The molecule has 1 unspecified atom stereocenters. The van der Waals surface area contributed by atoms with Gasteiger partial charge >= 0.3 is 6.61 Å². The van der Waals surface area contributed by atoms with Crippen molar-refractivity contribution in [2.24, 2.45) is 0 Å². The van der Waals surface area contributed by atoms with Crippen LogP contribution in [-0.2, 0) is 6.54 Å². The number of hydrogen-bond donors (Lipinski definition) is 1. The molecule has 0 spiro atoms. The highest BCUT2D eigenvalue weighted by molar-refractivity contribution is 5.30. The van der Waals surface area contributed by atoms with Crippen LogP contribution in [0.3, 0.4) is 0 Å². The first-order valence-corrected chi connectivity index (χ1v) is 6.68. The van der Waals surface area contributed by atoms with Gasteiger partial charge in [0.1, 0.15) is 17.4 Å². The molecule has 0 heterocycles. The molecule has 0 amide bonds. The van der Waals surface area contributed by atoms with Gasteiger partial charge in [-0.25, -0.2) is 8.78 Å². The lowest BCUT2D eigenvalue weighted by Crippen LogP contribution is -2.19. The van der Waals surface area contributed by atoms with Crippen LogP contribution in [0.4, 0.5) is 17.6 Å². The summed E-state index contributed by atoms with van der Waals surface area (Å²) in [5, 5.41) is 3.05. The van der Waals surface area contributed by atoms with Gasteiger partial charge in [0, 0.05) is 24.2 Å². The molecule has 0 aliphatic rings. The first-order chi connectivity index (χ1) is 10.5. The highest BCUT2D eigenvalue weighted by atomic mass is 19.3. The third-order valence-corrected chi connectivity index (χ3v) is 3.20. The van der Waals surface area contributed by atoms with Crippen LogP contribution in [0.25, 0.3) is 0 Å². The van der Waals surface area contributed by atoms with Gasteiger partial charge < -0.3 is 10.1 Å². The van der Waals surface area contributed by atoms with Gasteiger partial charge in [-0.2, -0.15) is 8.78 Å². The summed E-state index contributed by atoms with van der Waals surface area (Å²) in [7, 11) is 0. The van der Waals surface area contributed by atoms with E-state index in [4.69, 9.17) is 0 Å². The number of nitrogens with one attached hydrogen (secondary N) is 1. The standard InChI is InChI=1S/C16H15F4NO/c1-10(11-3-2-4-14(7-11)22-16(19)20)21-9-12-5-6-13(17)8-15(12)18/h2-8,10,16,21H,9H2,1H3. The van der Waals surface area contributed by atoms with Crippen molar-refractivity contribution in [3.63, 3.8) is 0 Å². The molecule has 0 aliphatic carbocycles. The topological polar surface area (TPSA) is 21.3 Å². The van der Waals surface area contributed by atoms with E-state index in [-0.39, 0.29) is 18.3 Å². The number of hydrogen-bond acceptors (Lipinski definition) is 2. The van der Waals surface area contributed by atoms with E-state index in [1.807, 2.05) is 6.92 Å². The SMILES string of the molecule is CC(NCc1ccc(F)cc1F)c1cccc(OC(F)F)c1. The van der Waals surface area contributed by atoms with Crippen LogP contribution in [0.1, 0.15) is 24.1 Å². The fourth-order valence-electron chi connectivity index (χ4n) is 2.01. The van der Waals surface area contributed by atoms with Crippen molar-refractivity contribution in [3.05, 3.63) is 65.2 Å². The molecule has 0 bridgehead atoms. The van der Waals surface area contributed by atoms with Crippen molar-refractivity contribution < 1.29 is 22.3 Å². The predicted octanol–water partition coefficient (Wildman–Crippen LogP) is 4.42. The quantitative estimate of drug-likeness (QED) is 0.797. The Labute approximate surface area is 125 Å². The summed E-state index contributed by atoms with van der Waals surface area (Å²) in [4.78, 5) is 0. The van der Waals surface area contributed by atoms with E-state index >= 15 is 0 Å². The average molecular weight is 313 g/mol.